The van der Waals surface area contributed by atoms with E-state index in [9.17, 15) is 13.2 Å². The van der Waals surface area contributed by atoms with Crippen LogP contribution in [0.3, 0.4) is 0 Å². The molecule has 9 heteroatoms. The Morgan fingerprint density at radius 1 is 1.39 bits per heavy atom. The van der Waals surface area contributed by atoms with Crippen LogP contribution in [0.4, 0.5) is 10.5 Å². The smallest absolute Gasteiger partial charge is 0.348 e. The minimum absolute atomic E-state index is 0.0315. The van der Waals surface area contributed by atoms with Gasteiger partial charge >= 0.3 is 6.03 Å². The molecular weight excluding hydrogens is 324 g/mol. The number of guanidine groups is 1. The summed E-state index contributed by atoms with van der Waals surface area (Å²) >= 11 is 3.14. The molecule has 0 heterocycles. The molecule has 0 saturated carbocycles. The van der Waals surface area contributed by atoms with E-state index in [1.165, 1.54) is 12.1 Å². The molecule has 7 nitrogen and oxygen atoms in total. The second-order valence-electron chi connectivity index (χ2n) is 3.35. The Balaban J connectivity index is 3.24. The molecule has 1 rings (SSSR count). The summed E-state index contributed by atoms with van der Waals surface area (Å²) < 4.78 is 23.5. The number of nitrogens with two attached hydrogens (primary N) is 2. The summed E-state index contributed by atoms with van der Waals surface area (Å²) in [6.45, 7) is 0. The number of aliphatic imine (C=N–C) groups is 1. The second-order valence-corrected chi connectivity index (χ2v) is 6.19. The van der Waals surface area contributed by atoms with Gasteiger partial charge in [0.1, 0.15) is 0 Å². The zero-order valence-electron chi connectivity index (χ0n) is 9.34. The highest BCUT2D eigenvalue weighted by molar-refractivity contribution is 9.10. The molecule has 0 bridgehead atoms. The van der Waals surface area contributed by atoms with Crippen molar-refractivity contribution in [1.29, 1.82) is 0 Å². The van der Waals surface area contributed by atoms with E-state index >= 15 is 0 Å². The number of para-hydroxylation sites is 1. The lowest BCUT2D eigenvalue weighted by atomic mass is 10.3. The number of rotatable bonds is 2. The second kappa shape index (κ2) is 5.36. The van der Waals surface area contributed by atoms with Crippen LogP contribution in [0, 0.1) is 0 Å². The van der Waals surface area contributed by atoms with E-state index in [4.69, 9.17) is 11.5 Å². The van der Waals surface area contributed by atoms with Crippen LogP contribution >= 0.6 is 15.9 Å². The summed E-state index contributed by atoms with van der Waals surface area (Å²) in [5.74, 6) is -0.416. The molecule has 1 aromatic carbocycles. The number of hydrogen-bond donors (Lipinski definition) is 3. The molecule has 0 unspecified atom stereocenters. The zero-order valence-corrected chi connectivity index (χ0v) is 11.7. The monoisotopic (exact) mass is 334 g/mol. The third-order valence-corrected chi connectivity index (χ3v) is 3.64. The fraction of sp³-hybridized carbons (Fsp3) is 0.111. The van der Waals surface area contributed by atoms with Crippen molar-refractivity contribution in [3.8, 4) is 0 Å². The molecular formula is C9H11BrN4O3S. The van der Waals surface area contributed by atoms with Crippen molar-refractivity contribution in [3.05, 3.63) is 22.7 Å². The van der Waals surface area contributed by atoms with Gasteiger partial charge < -0.3 is 16.8 Å². The van der Waals surface area contributed by atoms with Gasteiger partial charge in [-0.15, -0.1) is 0 Å². The van der Waals surface area contributed by atoms with Gasteiger partial charge in [-0.25, -0.2) is 13.2 Å². The van der Waals surface area contributed by atoms with Crippen molar-refractivity contribution in [2.24, 2.45) is 16.5 Å². The number of halogens is 1. The lowest BCUT2D eigenvalue weighted by molar-refractivity contribution is 0.259. The van der Waals surface area contributed by atoms with Crippen LogP contribution in [0.1, 0.15) is 0 Å². The van der Waals surface area contributed by atoms with Gasteiger partial charge in [0.25, 0.3) is 0 Å². The molecule has 0 spiro atoms. The zero-order chi connectivity index (χ0) is 13.9. The first-order valence-electron chi connectivity index (χ1n) is 4.61. The molecule has 0 saturated heterocycles. The van der Waals surface area contributed by atoms with Gasteiger partial charge in [-0.05, 0) is 28.1 Å². The molecule has 18 heavy (non-hydrogen) atoms. The van der Waals surface area contributed by atoms with Crippen LogP contribution in [0.15, 0.2) is 32.6 Å². The normalized spacial score (nSPS) is 10.8. The lowest BCUT2D eigenvalue weighted by Gasteiger charge is -2.10. The number of carbonyl (C=O) groups excluding carboxylic acids is 1. The third kappa shape index (κ3) is 3.70. The van der Waals surface area contributed by atoms with Gasteiger partial charge in [-0.1, -0.05) is 6.07 Å². The number of nitrogens with one attached hydrogen (secondary N) is 1. The number of nitrogens with zero attached hydrogens (tertiary/aromatic N) is 1. The summed E-state index contributed by atoms with van der Waals surface area (Å²) in [5.41, 5.74) is 10.2. The number of benzene rings is 1. The maximum absolute atomic E-state index is 11.6. The lowest BCUT2D eigenvalue weighted by Crippen LogP contribution is -2.25. The Bertz CT molecular complexity index is 608. The molecule has 5 N–H and O–H groups in total. The first kappa shape index (κ1) is 14.5. The van der Waals surface area contributed by atoms with Gasteiger partial charge in [-0.3, -0.25) is 0 Å². The van der Waals surface area contributed by atoms with E-state index in [-0.39, 0.29) is 10.6 Å². The molecule has 0 aromatic heterocycles. The fourth-order valence-electron chi connectivity index (χ4n) is 1.19. The SMILES string of the molecule is CS(=O)(=O)c1cccc(Br)c1NC(=O)N=C(N)N. The van der Waals surface area contributed by atoms with Gasteiger partial charge in [0.15, 0.2) is 15.8 Å². The summed E-state index contributed by atoms with van der Waals surface area (Å²) in [6.07, 6.45) is 1.03. The van der Waals surface area contributed by atoms with Gasteiger partial charge in [0.2, 0.25) is 0 Å². The molecule has 98 valence electrons. The number of urea groups is 1. The van der Waals surface area contributed by atoms with E-state index in [1.54, 1.807) is 6.07 Å². The highest BCUT2D eigenvalue weighted by Gasteiger charge is 2.17. The minimum Gasteiger partial charge on any atom is -0.370 e. The number of anilines is 1. The first-order valence-corrected chi connectivity index (χ1v) is 7.29. The maximum atomic E-state index is 11.6. The molecule has 0 aliphatic rings. The van der Waals surface area contributed by atoms with Gasteiger partial charge in [-0.2, -0.15) is 4.99 Å². The van der Waals surface area contributed by atoms with Crippen molar-refractivity contribution in [2.75, 3.05) is 11.6 Å². The number of amides is 2. The summed E-state index contributed by atoms with van der Waals surface area (Å²) in [6, 6.07) is 3.63. The Morgan fingerprint density at radius 3 is 2.50 bits per heavy atom. The van der Waals surface area contributed by atoms with E-state index in [2.05, 4.69) is 26.2 Å². The predicted molar refractivity (Wildman–Crippen MR) is 72.1 cm³/mol. The highest BCUT2D eigenvalue weighted by Crippen LogP contribution is 2.29. The number of carbonyl (C=O) groups is 1. The quantitative estimate of drug-likeness (QED) is 0.540. The van der Waals surface area contributed by atoms with Crippen LogP contribution in [0.25, 0.3) is 0 Å². The predicted octanol–water partition coefficient (Wildman–Crippen LogP) is 0.658. The Morgan fingerprint density at radius 2 is 2.00 bits per heavy atom. The first-order chi connectivity index (χ1) is 8.21. The number of sulfone groups is 1. The standard InChI is InChI=1S/C9H11BrN4O3S/c1-18(16,17)6-4-2-3-5(10)7(6)13-9(15)14-8(11)12/h2-4H,1H3,(H5,11,12,13,14,15). The van der Waals surface area contributed by atoms with E-state index in [1.807, 2.05) is 0 Å². The van der Waals surface area contributed by atoms with Crippen molar-refractivity contribution in [1.82, 2.24) is 0 Å². The average Bonchev–Trinajstić information content (AvgIpc) is 2.18. The Labute approximate surface area is 112 Å². The van der Waals surface area contributed by atoms with Crippen molar-refractivity contribution in [2.45, 2.75) is 4.90 Å². The molecule has 0 aliphatic carbocycles. The summed E-state index contributed by atoms with van der Waals surface area (Å²) in [5, 5.41) is 2.30. The molecule has 0 atom stereocenters. The van der Waals surface area contributed by atoms with Crippen LogP contribution in [0.2, 0.25) is 0 Å². The maximum Gasteiger partial charge on any atom is 0.348 e. The van der Waals surface area contributed by atoms with Gasteiger partial charge in [0.05, 0.1) is 10.6 Å². The largest absolute Gasteiger partial charge is 0.370 e. The number of hydrogen-bond acceptors (Lipinski definition) is 3. The highest BCUT2D eigenvalue weighted by atomic mass is 79.9. The minimum atomic E-state index is -3.49. The van der Waals surface area contributed by atoms with E-state index < -0.39 is 21.8 Å². The molecule has 0 radical (unpaired) electrons. The molecule has 0 aliphatic heterocycles. The summed E-state index contributed by atoms with van der Waals surface area (Å²) in [7, 11) is -3.49. The van der Waals surface area contributed by atoms with Crippen LogP contribution < -0.4 is 16.8 Å². The third-order valence-electron chi connectivity index (χ3n) is 1.84. The average molecular weight is 335 g/mol. The Hall–Kier alpha value is -1.61. The molecule has 1 aromatic rings. The topological polar surface area (TPSA) is 128 Å². The van der Waals surface area contributed by atoms with Crippen LogP contribution in [-0.4, -0.2) is 26.7 Å². The Kier molecular flexibility index (Phi) is 4.30. The van der Waals surface area contributed by atoms with Gasteiger partial charge in [0, 0.05) is 10.7 Å². The van der Waals surface area contributed by atoms with Crippen molar-refractivity contribution >= 4 is 43.4 Å². The van der Waals surface area contributed by atoms with Crippen molar-refractivity contribution in [3.63, 3.8) is 0 Å². The van der Waals surface area contributed by atoms with E-state index in [0.717, 1.165) is 6.26 Å². The summed E-state index contributed by atoms with van der Waals surface area (Å²) in [4.78, 5) is 14.6. The van der Waals surface area contributed by atoms with E-state index in [0.29, 0.717) is 4.47 Å². The molecule has 0 fully saturated rings. The fourth-order valence-corrected chi connectivity index (χ4v) is 2.64. The molecule has 2 amide bonds. The van der Waals surface area contributed by atoms with Crippen LogP contribution in [-0.2, 0) is 9.84 Å². The van der Waals surface area contributed by atoms with Crippen LogP contribution in [0.5, 0.6) is 0 Å². The van der Waals surface area contributed by atoms with Crippen molar-refractivity contribution < 1.29 is 13.2 Å².